The number of hydrogen-bond donors (Lipinski definition) is 0. The molecule has 1 aliphatic carbocycles. The number of fused-ring (bicyclic) bond motifs is 17. The Hall–Kier alpha value is -5.36. The van der Waals surface area contributed by atoms with Crippen molar-refractivity contribution in [2.45, 2.75) is 19.3 Å². The third kappa shape index (κ3) is 2.13. The minimum atomic E-state index is -0.0675. The number of aromatic nitrogens is 5. The molecule has 41 heavy (non-hydrogen) atoms. The summed E-state index contributed by atoms with van der Waals surface area (Å²) in [6, 6.07) is 32.4. The number of para-hydroxylation sites is 2. The van der Waals surface area contributed by atoms with Gasteiger partial charge in [-0.1, -0.05) is 68.4 Å². The molecule has 5 aromatic carbocycles. The van der Waals surface area contributed by atoms with Crippen molar-refractivity contribution < 1.29 is 4.42 Å². The zero-order valence-corrected chi connectivity index (χ0v) is 22.3. The van der Waals surface area contributed by atoms with Gasteiger partial charge in [0.25, 0.3) is 0 Å². The summed E-state index contributed by atoms with van der Waals surface area (Å²) in [7, 11) is 0. The number of nitrogens with zero attached hydrogens (tertiary/aromatic N) is 5. The highest BCUT2D eigenvalue weighted by molar-refractivity contribution is 6.11. The van der Waals surface area contributed by atoms with Gasteiger partial charge >= 0.3 is 0 Å². The molecule has 0 N–H and O–H groups in total. The normalized spacial score (nSPS) is 14.8. The Balaban J connectivity index is 1.32. The van der Waals surface area contributed by atoms with Crippen molar-refractivity contribution in [1.82, 2.24) is 23.2 Å². The van der Waals surface area contributed by atoms with E-state index in [-0.39, 0.29) is 5.41 Å². The lowest BCUT2D eigenvalue weighted by Crippen LogP contribution is -2.14. The Labute approximate surface area is 232 Å². The van der Waals surface area contributed by atoms with E-state index in [4.69, 9.17) is 14.4 Å². The second-order valence-electron chi connectivity index (χ2n) is 11.9. The molecule has 0 saturated carbocycles. The molecule has 5 heterocycles. The van der Waals surface area contributed by atoms with Gasteiger partial charge in [-0.15, -0.1) is 0 Å². The van der Waals surface area contributed by atoms with Crippen molar-refractivity contribution in [3.63, 3.8) is 0 Å². The van der Waals surface area contributed by atoms with E-state index in [1.54, 1.807) is 0 Å². The first-order chi connectivity index (χ1) is 20.1. The van der Waals surface area contributed by atoms with Crippen molar-refractivity contribution >= 4 is 72.1 Å². The quantitative estimate of drug-likeness (QED) is 0.199. The van der Waals surface area contributed by atoms with Crippen LogP contribution in [0.5, 0.6) is 0 Å². The Morgan fingerprint density at radius 2 is 1.39 bits per heavy atom. The second-order valence-corrected chi connectivity index (χ2v) is 11.9. The molecule has 0 spiro atoms. The zero-order chi connectivity index (χ0) is 26.8. The van der Waals surface area contributed by atoms with Crippen LogP contribution in [0.25, 0.3) is 83.2 Å². The maximum Gasteiger partial charge on any atom is 0.223 e. The molecular weight excluding hydrogens is 506 g/mol. The summed E-state index contributed by atoms with van der Waals surface area (Å²) in [5, 5.41) is 2.22. The van der Waals surface area contributed by atoms with Crippen molar-refractivity contribution in [2.24, 2.45) is 0 Å². The van der Waals surface area contributed by atoms with Crippen LogP contribution in [0.4, 0.5) is 0 Å². The van der Waals surface area contributed by atoms with E-state index < -0.39 is 0 Å². The molecule has 0 aliphatic heterocycles. The molecule has 1 aliphatic rings. The predicted octanol–water partition coefficient (Wildman–Crippen LogP) is 8.34. The minimum absolute atomic E-state index is 0.0675. The molecule has 0 unspecified atom stereocenters. The van der Waals surface area contributed by atoms with Crippen LogP contribution < -0.4 is 0 Å². The number of furan rings is 1. The molecule has 6 nitrogen and oxygen atoms in total. The monoisotopic (exact) mass is 527 g/mol. The topological polar surface area (TPSA) is 52.2 Å². The van der Waals surface area contributed by atoms with Gasteiger partial charge in [-0.2, -0.15) is 0 Å². The van der Waals surface area contributed by atoms with Gasteiger partial charge in [0.2, 0.25) is 11.6 Å². The molecule has 0 atom stereocenters. The second kappa shape index (κ2) is 6.34. The fourth-order valence-electron chi connectivity index (χ4n) is 7.77. The van der Waals surface area contributed by atoms with Crippen LogP contribution in [-0.4, -0.2) is 23.2 Å². The Bertz CT molecular complexity index is 2780. The third-order valence-electron chi connectivity index (χ3n) is 9.59. The summed E-state index contributed by atoms with van der Waals surface area (Å²) in [4.78, 5) is 10.6. The average Bonchev–Trinajstić information content (AvgIpc) is 3.79. The molecule has 0 radical (unpaired) electrons. The van der Waals surface area contributed by atoms with Crippen LogP contribution in [0.3, 0.4) is 0 Å². The summed E-state index contributed by atoms with van der Waals surface area (Å²) in [6.45, 7) is 4.63. The Morgan fingerprint density at radius 1 is 0.610 bits per heavy atom. The molecule has 11 rings (SSSR count). The highest BCUT2D eigenvalue weighted by Crippen LogP contribution is 2.51. The summed E-state index contributed by atoms with van der Waals surface area (Å²) in [5.74, 6) is 1.76. The van der Waals surface area contributed by atoms with E-state index in [2.05, 4.69) is 106 Å². The standard InChI is InChI=1S/C35H21N5O/c1-35(2)21-10-5-3-9-19(21)30-22(35)14-15-24-31(30)37-34-38(24)25-11-7-12-26-32(25)40(34)33-36-23-17-29-20(16-27(23)39(26)33)18-8-4-6-13-28(18)41-29/h3-17H,1-2H3. The molecule has 0 bridgehead atoms. The lowest BCUT2D eigenvalue weighted by Gasteiger charge is -2.21. The summed E-state index contributed by atoms with van der Waals surface area (Å²) in [6.07, 6.45) is 0. The molecule has 192 valence electrons. The van der Waals surface area contributed by atoms with Gasteiger partial charge < -0.3 is 4.42 Å². The largest absolute Gasteiger partial charge is 0.456 e. The predicted molar refractivity (Wildman–Crippen MR) is 163 cm³/mol. The number of imidazole rings is 4. The number of rotatable bonds is 0. The van der Waals surface area contributed by atoms with Gasteiger partial charge in [-0.3, -0.25) is 8.80 Å². The zero-order valence-electron chi connectivity index (χ0n) is 22.3. The summed E-state index contributed by atoms with van der Waals surface area (Å²) >= 11 is 0. The summed E-state index contributed by atoms with van der Waals surface area (Å²) in [5.41, 5.74) is 14.5. The molecule has 5 aromatic heterocycles. The number of hydrogen-bond acceptors (Lipinski definition) is 3. The maximum absolute atomic E-state index is 6.20. The van der Waals surface area contributed by atoms with Gasteiger partial charge in [0.15, 0.2) is 0 Å². The van der Waals surface area contributed by atoms with Gasteiger partial charge in [0, 0.05) is 27.8 Å². The van der Waals surface area contributed by atoms with Gasteiger partial charge in [0.05, 0.1) is 33.1 Å². The highest BCUT2D eigenvalue weighted by atomic mass is 16.3. The fourth-order valence-corrected chi connectivity index (χ4v) is 7.77. The number of benzene rings is 5. The molecule has 6 heteroatoms. The smallest absolute Gasteiger partial charge is 0.223 e. The van der Waals surface area contributed by atoms with Crippen LogP contribution in [-0.2, 0) is 5.41 Å². The van der Waals surface area contributed by atoms with E-state index in [0.717, 1.165) is 72.1 Å². The first kappa shape index (κ1) is 20.5. The molecule has 10 aromatic rings. The van der Waals surface area contributed by atoms with E-state index in [9.17, 15) is 0 Å². The lowest BCUT2D eigenvalue weighted by molar-refractivity contribution is 0.661. The van der Waals surface area contributed by atoms with Crippen LogP contribution in [0.2, 0.25) is 0 Å². The van der Waals surface area contributed by atoms with Crippen molar-refractivity contribution in [2.75, 3.05) is 0 Å². The van der Waals surface area contributed by atoms with Crippen molar-refractivity contribution in [3.8, 4) is 11.1 Å². The average molecular weight is 528 g/mol. The maximum atomic E-state index is 6.20. The molecule has 0 amide bonds. The van der Waals surface area contributed by atoms with Crippen LogP contribution in [0.15, 0.2) is 95.4 Å². The van der Waals surface area contributed by atoms with E-state index in [0.29, 0.717) is 0 Å². The first-order valence-electron chi connectivity index (χ1n) is 14.0. The Kier molecular flexibility index (Phi) is 3.17. The van der Waals surface area contributed by atoms with Crippen molar-refractivity contribution in [3.05, 3.63) is 102 Å². The lowest BCUT2D eigenvalue weighted by atomic mass is 9.82. The van der Waals surface area contributed by atoms with E-state index in [1.807, 2.05) is 12.1 Å². The van der Waals surface area contributed by atoms with Crippen LogP contribution in [0, 0.1) is 0 Å². The summed E-state index contributed by atoms with van der Waals surface area (Å²) < 4.78 is 13.0. The van der Waals surface area contributed by atoms with Gasteiger partial charge in [0.1, 0.15) is 16.7 Å². The van der Waals surface area contributed by atoms with Crippen LogP contribution >= 0.6 is 0 Å². The van der Waals surface area contributed by atoms with Crippen molar-refractivity contribution in [1.29, 1.82) is 0 Å². The van der Waals surface area contributed by atoms with Gasteiger partial charge in [-0.05, 0) is 47.0 Å². The molecule has 0 saturated heterocycles. The minimum Gasteiger partial charge on any atom is -0.456 e. The fraction of sp³-hybridized carbons (Fsp3) is 0.0857. The highest BCUT2D eigenvalue weighted by Gasteiger charge is 2.37. The van der Waals surface area contributed by atoms with E-state index >= 15 is 0 Å². The molecule has 0 fully saturated rings. The SMILES string of the molecule is CC1(C)c2ccccc2-c2c1ccc1c2nc2n1c1cccc3c1n2c1nc2cc4oc5ccccc5c4cc2n31. The van der Waals surface area contributed by atoms with Gasteiger partial charge in [-0.25, -0.2) is 14.4 Å². The third-order valence-corrected chi connectivity index (χ3v) is 9.59. The molecular formula is C35H21N5O. The Morgan fingerprint density at radius 3 is 2.29 bits per heavy atom. The first-order valence-corrected chi connectivity index (χ1v) is 14.0. The van der Waals surface area contributed by atoms with E-state index in [1.165, 1.54) is 22.3 Å². The van der Waals surface area contributed by atoms with Crippen LogP contribution in [0.1, 0.15) is 25.0 Å².